The van der Waals surface area contributed by atoms with Crippen molar-refractivity contribution < 1.29 is 87.0 Å². The normalized spacial score (nSPS) is 12.9. The lowest BCUT2D eigenvalue weighted by Gasteiger charge is -2.14. The van der Waals surface area contributed by atoms with E-state index >= 15 is 0 Å². The summed E-state index contributed by atoms with van der Waals surface area (Å²) in [5, 5.41) is 24.7. The van der Waals surface area contributed by atoms with E-state index in [1.165, 1.54) is 6.07 Å². The van der Waals surface area contributed by atoms with Crippen LogP contribution in [0.5, 0.6) is 5.75 Å². The maximum absolute atomic E-state index is 12.9. The van der Waals surface area contributed by atoms with Crippen molar-refractivity contribution in [2.75, 3.05) is 40.7 Å². The Bertz CT molecular complexity index is 3160. The number of nitrogens with zero attached hydrogens (tertiary/aromatic N) is 5. The van der Waals surface area contributed by atoms with Crippen molar-refractivity contribution in [2.45, 2.75) is 19.6 Å². The number of phenols is 1. The molecule has 0 spiro atoms. The van der Waals surface area contributed by atoms with Crippen LogP contribution in [0.25, 0.3) is 0 Å². The molecular weight excluding hydrogens is 986 g/mol. The summed E-state index contributed by atoms with van der Waals surface area (Å²) >= 11 is 6.02. The molecule has 0 aliphatic heterocycles. The summed E-state index contributed by atoms with van der Waals surface area (Å²) in [6, 6.07) is 5.40. The molecular formula is C26H26ClN9O20S6. The SMILES string of the molecule is NC(=O)Nc1cc(Nc2nc(Cl)nc(Nc3cc(S(=O)(=O)CCOS(=O)(=O)O)cc(S(=O)(=O)O)c3O)n2)ccc1/N=N/c1ccc(S(=O)(=O)CCOS(=O)(=O)O)cc1S(=O)(=O)O. The molecule has 0 fully saturated rings. The number of primary amides is 1. The number of nitrogens with two attached hydrogens (primary N) is 1. The molecule has 0 saturated carbocycles. The predicted molar refractivity (Wildman–Crippen MR) is 209 cm³/mol. The van der Waals surface area contributed by atoms with Gasteiger partial charge in [-0.15, -0.1) is 10.2 Å². The van der Waals surface area contributed by atoms with Crippen LogP contribution in [0.3, 0.4) is 0 Å². The maximum Gasteiger partial charge on any atom is 0.397 e. The van der Waals surface area contributed by atoms with Gasteiger partial charge in [-0.05, 0) is 60.1 Å². The van der Waals surface area contributed by atoms with Crippen molar-refractivity contribution in [1.29, 1.82) is 0 Å². The smallest absolute Gasteiger partial charge is 0.397 e. The molecule has 4 aromatic rings. The third kappa shape index (κ3) is 14.1. The molecule has 0 unspecified atom stereocenters. The summed E-state index contributed by atoms with van der Waals surface area (Å²) in [6.45, 7) is -2.19. The third-order valence-electron chi connectivity index (χ3n) is 7.05. The number of carbonyl (C=O) groups is 1. The zero-order chi connectivity index (χ0) is 46.6. The molecule has 1 aromatic heterocycles. The molecule has 0 aliphatic carbocycles. The first-order chi connectivity index (χ1) is 28.3. The largest absolute Gasteiger partial charge is 0.504 e. The highest BCUT2D eigenvalue weighted by atomic mass is 35.5. The van der Waals surface area contributed by atoms with Crippen LogP contribution in [-0.2, 0) is 69.1 Å². The Balaban J connectivity index is 1.67. The number of carbonyl (C=O) groups excluding carboxylic acids is 1. The zero-order valence-electron chi connectivity index (χ0n) is 29.9. The van der Waals surface area contributed by atoms with Gasteiger partial charge in [-0.3, -0.25) is 18.2 Å². The number of nitrogens with one attached hydrogen (secondary N) is 3. The first-order valence-corrected chi connectivity index (χ1v) is 24.9. The number of phenolic OH excluding ortho intramolecular Hbond substituents is 1. The lowest BCUT2D eigenvalue weighted by molar-refractivity contribution is 0.259. The number of halogens is 1. The number of anilines is 5. The summed E-state index contributed by atoms with van der Waals surface area (Å²) < 4.78 is 187. The number of sulfone groups is 2. The van der Waals surface area contributed by atoms with Crippen molar-refractivity contribution in [2.24, 2.45) is 16.0 Å². The van der Waals surface area contributed by atoms with Gasteiger partial charge in [0.05, 0.1) is 45.9 Å². The molecule has 0 atom stereocenters. The highest BCUT2D eigenvalue weighted by Crippen LogP contribution is 2.37. The minimum atomic E-state index is -5.34. The predicted octanol–water partition coefficient (Wildman–Crippen LogP) is 1.30. The number of aromatic hydroxyl groups is 1. The van der Waals surface area contributed by atoms with Gasteiger partial charge in [-0.1, -0.05) is 0 Å². The van der Waals surface area contributed by atoms with E-state index < -0.39 is 145 Å². The quantitative estimate of drug-likeness (QED) is 0.0363. The summed E-state index contributed by atoms with van der Waals surface area (Å²) in [7, 11) is -29.8. The molecule has 4 rings (SSSR count). The molecule has 62 heavy (non-hydrogen) atoms. The fourth-order valence-electron chi connectivity index (χ4n) is 4.52. The minimum Gasteiger partial charge on any atom is -0.504 e. The average molecular weight is 1010 g/mol. The number of hydrogen-bond donors (Lipinski definition) is 9. The molecule has 0 bridgehead atoms. The van der Waals surface area contributed by atoms with Crippen molar-refractivity contribution in [1.82, 2.24) is 15.0 Å². The second-order valence-corrected chi connectivity index (χ2v) is 21.0. The van der Waals surface area contributed by atoms with Crippen LogP contribution in [0.2, 0.25) is 5.28 Å². The second-order valence-electron chi connectivity index (χ2n) is 11.5. The Morgan fingerprint density at radius 1 is 0.645 bits per heavy atom. The Kier molecular flexibility index (Phi) is 14.8. The van der Waals surface area contributed by atoms with Gasteiger partial charge in [0.25, 0.3) is 20.2 Å². The molecule has 36 heteroatoms. The van der Waals surface area contributed by atoms with E-state index in [4.69, 9.17) is 26.4 Å². The van der Waals surface area contributed by atoms with Crippen LogP contribution in [0, 0.1) is 0 Å². The lowest BCUT2D eigenvalue weighted by atomic mass is 10.2. The van der Waals surface area contributed by atoms with E-state index in [0.717, 1.165) is 24.3 Å². The van der Waals surface area contributed by atoms with Gasteiger partial charge >= 0.3 is 26.8 Å². The number of urea groups is 1. The molecule has 0 aliphatic rings. The van der Waals surface area contributed by atoms with E-state index in [-0.39, 0.29) is 17.1 Å². The summed E-state index contributed by atoms with van der Waals surface area (Å²) in [6.07, 6.45) is 0. The van der Waals surface area contributed by atoms with Crippen molar-refractivity contribution in [3.8, 4) is 5.75 Å². The number of rotatable bonds is 19. The fourth-order valence-corrected chi connectivity index (χ4v) is 9.15. The molecule has 0 radical (unpaired) electrons. The Morgan fingerprint density at radius 2 is 1.15 bits per heavy atom. The molecule has 10 N–H and O–H groups in total. The third-order valence-corrected chi connectivity index (χ3v) is 13.2. The zero-order valence-corrected chi connectivity index (χ0v) is 35.6. The van der Waals surface area contributed by atoms with Gasteiger partial charge in [0.2, 0.25) is 17.2 Å². The number of benzene rings is 3. The number of amides is 2. The highest BCUT2D eigenvalue weighted by Gasteiger charge is 2.27. The molecule has 2 amide bonds. The first-order valence-electron chi connectivity index (χ1n) is 15.6. The number of aromatic nitrogens is 3. The fraction of sp³-hybridized carbons (Fsp3) is 0.154. The first kappa shape index (κ1) is 49.3. The van der Waals surface area contributed by atoms with Gasteiger partial charge in [0, 0.05) is 5.69 Å². The van der Waals surface area contributed by atoms with E-state index in [9.17, 15) is 69.5 Å². The van der Waals surface area contributed by atoms with Crippen LogP contribution >= 0.6 is 11.6 Å². The van der Waals surface area contributed by atoms with Crippen LogP contribution in [0.1, 0.15) is 0 Å². The molecule has 3 aromatic carbocycles. The van der Waals surface area contributed by atoms with Gasteiger partial charge in [-0.2, -0.15) is 48.6 Å². The monoisotopic (exact) mass is 1010 g/mol. The van der Waals surface area contributed by atoms with Crippen molar-refractivity contribution in [3.05, 3.63) is 53.8 Å². The Hall–Kier alpha value is -5.31. The summed E-state index contributed by atoms with van der Waals surface area (Å²) in [5.41, 5.74) is 3.33. The summed E-state index contributed by atoms with van der Waals surface area (Å²) in [5.74, 6) is -4.53. The standard InChI is InChI=1S/C26H26ClN9O20S6/c27-23-32-25(34-26(33-23)31-19-10-15(12-21(22(19)37)60(46,47)48)58(41,42)8-6-56-62(52,53)54)29-13-1-3-16(18(9-13)30-24(28)38)35-36-17-4-2-14(11-20(17)59(43,44)45)57(39,40)7-5-55-61(49,50)51/h1-4,9-12,37H,5-8H2,(H3,28,30,38)(H,43,44,45)(H,46,47,48)(H,49,50,51)(H,52,53,54)(H2,29,31,32,33,34)/b36-35+. The molecule has 338 valence electrons. The van der Waals surface area contributed by atoms with Crippen LogP contribution < -0.4 is 21.7 Å². The van der Waals surface area contributed by atoms with Gasteiger partial charge in [-0.25, -0.2) is 30.0 Å². The van der Waals surface area contributed by atoms with E-state index in [2.05, 4.69) is 49.5 Å². The lowest BCUT2D eigenvalue weighted by Crippen LogP contribution is -2.19. The van der Waals surface area contributed by atoms with E-state index in [1.54, 1.807) is 0 Å². The van der Waals surface area contributed by atoms with Crippen LogP contribution in [0.4, 0.5) is 45.1 Å². The van der Waals surface area contributed by atoms with Gasteiger partial charge in [0.1, 0.15) is 21.2 Å². The highest BCUT2D eigenvalue weighted by molar-refractivity contribution is 7.92. The Labute approximate surface area is 354 Å². The molecule has 0 saturated heterocycles. The minimum absolute atomic E-state index is 0.0104. The van der Waals surface area contributed by atoms with Crippen molar-refractivity contribution >= 4 is 119 Å². The van der Waals surface area contributed by atoms with E-state index in [1.807, 2.05) is 0 Å². The van der Waals surface area contributed by atoms with Crippen molar-refractivity contribution in [3.63, 3.8) is 0 Å². The second kappa shape index (κ2) is 18.6. The number of azo groups is 1. The molecule has 29 nitrogen and oxygen atoms in total. The van der Waals surface area contributed by atoms with Crippen LogP contribution in [-0.4, -0.2) is 120 Å². The summed E-state index contributed by atoms with van der Waals surface area (Å²) in [4.78, 5) is 19.3. The van der Waals surface area contributed by atoms with Gasteiger partial charge in [0.15, 0.2) is 25.4 Å². The topological polar surface area (TPSA) is 467 Å². The van der Waals surface area contributed by atoms with E-state index in [0.29, 0.717) is 18.2 Å². The maximum atomic E-state index is 12.9. The number of hydrogen-bond acceptors (Lipinski definition) is 23. The Morgan fingerprint density at radius 3 is 1.68 bits per heavy atom. The van der Waals surface area contributed by atoms with Crippen LogP contribution in [0.15, 0.2) is 78.3 Å². The van der Waals surface area contributed by atoms with Gasteiger partial charge < -0.3 is 26.8 Å². The molecule has 1 heterocycles. The average Bonchev–Trinajstić information content (AvgIpc) is 3.09.